The van der Waals surface area contributed by atoms with E-state index in [1.807, 2.05) is 0 Å². The van der Waals surface area contributed by atoms with Crippen LogP contribution in [0.3, 0.4) is 0 Å². The zero-order valence-electron chi connectivity index (χ0n) is 8.95. The maximum absolute atomic E-state index is 11.3. The number of rotatable bonds is 5. The first-order valence-corrected chi connectivity index (χ1v) is 5.40. The molecule has 0 heterocycles. The lowest BCUT2D eigenvalue weighted by Crippen LogP contribution is -2.46. The summed E-state index contributed by atoms with van der Waals surface area (Å²) in [5.41, 5.74) is 0. The zero-order chi connectivity index (χ0) is 11.3. The predicted molar refractivity (Wildman–Crippen MR) is 55.6 cm³/mol. The minimum Gasteiger partial charge on any atom is -0.481 e. The number of carbonyl (C=O) groups excluding carboxylic acids is 1. The highest BCUT2D eigenvalue weighted by Gasteiger charge is 2.20. The summed E-state index contributed by atoms with van der Waals surface area (Å²) in [6, 6.07) is 0.0364. The van der Waals surface area contributed by atoms with E-state index in [1.54, 1.807) is 6.92 Å². The van der Waals surface area contributed by atoms with Gasteiger partial charge in [-0.25, -0.2) is 4.79 Å². The maximum Gasteiger partial charge on any atom is 0.315 e. The summed E-state index contributed by atoms with van der Waals surface area (Å²) < 4.78 is 0. The van der Waals surface area contributed by atoms with Gasteiger partial charge in [-0.2, -0.15) is 0 Å². The van der Waals surface area contributed by atoms with Crippen molar-refractivity contribution < 1.29 is 14.7 Å². The van der Waals surface area contributed by atoms with Gasteiger partial charge in [-0.15, -0.1) is 0 Å². The molecule has 0 saturated heterocycles. The molecule has 0 aromatic heterocycles. The largest absolute Gasteiger partial charge is 0.481 e. The lowest BCUT2D eigenvalue weighted by molar-refractivity contribution is -0.141. The topological polar surface area (TPSA) is 78.4 Å². The van der Waals surface area contributed by atoms with Gasteiger partial charge >= 0.3 is 12.0 Å². The number of carboxylic acids is 1. The Balaban J connectivity index is 2.16. The van der Waals surface area contributed by atoms with Crippen LogP contribution in [-0.2, 0) is 4.79 Å². The van der Waals surface area contributed by atoms with Crippen LogP contribution in [0.15, 0.2) is 0 Å². The summed E-state index contributed by atoms with van der Waals surface area (Å²) in [7, 11) is 0. The van der Waals surface area contributed by atoms with E-state index in [9.17, 15) is 9.59 Å². The van der Waals surface area contributed by atoms with Crippen LogP contribution in [0.25, 0.3) is 0 Å². The maximum atomic E-state index is 11.3. The smallest absolute Gasteiger partial charge is 0.315 e. The Labute approximate surface area is 89.2 Å². The number of carboxylic acid groups (broad SMARTS) is 1. The van der Waals surface area contributed by atoms with Crippen molar-refractivity contribution >= 4 is 12.0 Å². The van der Waals surface area contributed by atoms with E-state index in [1.165, 1.54) is 0 Å². The van der Waals surface area contributed by atoms with Crippen LogP contribution in [-0.4, -0.2) is 29.7 Å². The number of hydrogen-bond donors (Lipinski definition) is 3. The Morgan fingerprint density at radius 3 is 2.53 bits per heavy atom. The van der Waals surface area contributed by atoms with Crippen molar-refractivity contribution in [3.05, 3.63) is 0 Å². The molecule has 1 saturated carbocycles. The van der Waals surface area contributed by atoms with Gasteiger partial charge in [0.15, 0.2) is 0 Å². The van der Waals surface area contributed by atoms with Gasteiger partial charge in [-0.05, 0) is 25.7 Å². The van der Waals surface area contributed by atoms with Gasteiger partial charge in [0, 0.05) is 12.6 Å². The van der Waals surface area contributed by atoms with Crippen molar-refractivity contribution in [1.29, 1.82) is 0 Å². The van der Waals surface area contributed by atoms with Crippen LogP contribution in [0, 0.1) is 5.92 Å². The summed E-state index contributed by atoms with van der Waals surface area (Å²) in [6.07, 6.45) is 3.75. The molecule has 1 rings (SSSR count). The molecule has 0 aromatic carbocycles. The van der Waals surface area contributed by atoms with E-state index in [2.05, 4.69) is 10.6 Å². The zero-order valence-corrected chi connectivity index (χ0v) is 8.95. The monoisotopic (exact) mass is 214 g/mol. The van der Waals surface area contributed by atoms with Crippen LogP contribution < -0.4 is 10.6 Å². The summed E-state index contributed by atoms with van der Waals surface area (Å²) >= 11 is 0. The third-order valence-electron chi connectivity index (χ3n) is 2.79. The van der Waals surface area contributed by atoms with Crippen molar-refractivity contribution in [2.75, 3.05) is 6.54 Å². The highest BCUT2D eigenvalue weighted by Crippen LogP contribution is 2.17. The normalized spacial score (nSPS) is 17.7. The minimum atomic E-state index is -0.860. The first-order valence-electron chi connectivity index (χ1n) is 5.40. The van der Waals surface area contributed by atoms with Gasteiger partial charge in [0.25, 0.3) is 0 Å². The molecule has 0 bridgehead atoms. The van der Waals surface area contributed by atoms with Gasteiger partial charge in [-0.3, -0.25) is 4.79 Å². The van der Waals surface area contributed by atoms with Crippen LogP contribution >= 0.6 is 0 Å². The van der Waals surface area contributed by atoms with Crippen molar-refractivity contribution in [3.8, 4) is 0 Å². The molecule has 0 aromatic rings. The molecule has 1 aliphatic carbocycles. The molecule has 2 amide bonds. The summed E-state index contributed by atoms with van der Waals surface area (Å²) in [6.45, 7) is 1.99. The quantitative estimate of drug-likeness (QED) is 0.637. The van der Waals surface area contributed by atoms with Gasteiger partial charge in [-0.1, -0.05) is 6.92 Å². The lowest BCUT2D eigenvalue weighted by atomic mass is 9.93. The number of amides is 2. The molecule has 0 aliphatic heterocycles. The Morgan fingerprint density at radius 1 is 1.47 bits per heavy atom. The molecule has 1 aliphatic rings. The number of hydrogen-bond acceptors (Lipinski definition) is 2. The average molecular weight is 214 g/mol. The Kier molecular flexibility index (Phi) is 4.39. The number of aliphatic carboxylic acids is 1. The third kappa shape index (κ3) is 3.77. The van der Waals surface area contributed by atoms with E-state index in [0.29, 0.717) is 6.42 Å². The second kappa shape index (κ2) is 5.58. The summed E-state index contributed by atoms with van der Waals surface area (Å²) in [5.74, 6) is -1.35. The fourth-order valence-electron chi connectivity index (χ4n) is 1.41. The first-order chi connectivity index (χ1) is 7.13. The highest BCUT2D eigenvalue weighted by molar-refractivity contribution is 5.76. The number of nitrogens with one attached hydrogen (secondary N) is 2. The Morgan fingerprint density at radius 2 is 2.13 bits per heavy atom. The minimum absolute atomic E-state index is 0.199. The van der Waals surface area contributed by atoms with Crippen molar-refractivity contribution in [2.45, 2.75) is 38.6 Å². The van der Waals surface area contributed by atoms with Crippen LogP contribution in [0.5, 0.6) is 0 Å². The van der Waals surface area contributed by atoms with Crippen molar-refractivity contribution in [2.24, 2.45) is 5.92 Å². The molecule has 5 heteroatoms. The standard InChI is InChI=1S/C10H18N2O3/c1-2-7(9(13)14)6-11-10(15)12-8-4-3-5-8/h7-8H,2-6H2,1H3,(H,13,14)(H2,11,12,15). The lowest BCUT2D eigenvalue weighted by Gasteiger charge is -2.26. The van der Waals surface area contributed by atoms with Gasteiger partial charge < -0.3 is 15.7 Å². The predicted octanol–water partition coefficient (Wildman–Crippen LogP) is 0.949. The van der Waals surface area contributed by atoms with E-state index in [-0.39, 0.29) is 18.6 Å². The summed E-state index contributed by atoms with van der Waals surface area (Å²) in [5, 5.41) is 14.1. The fourth-order valence-corrected chi connectivity index (χ4v) is 1.41. The van der Waals surface area contributed by atoms with Crippen LogP contribution in [0.2, 0.25) is 0 Å². The Hall–Kier alpha value is -1.26. The molecule has 1 fully saturated rings. The molecule has 1 atom stereocenters. The van der Waals surface area contributed by atoms with E-state index < -0.39 is 11.9 Å². The number of urea groups is 1. The van der Waals surface area contributed by atoms with Gasteiger partial charge in [0.2, 0.25) is 0 Å². The molecule has 0 radical (unpaired) electrons. The molecule has 3 N–H and O–H groups in total. The molecular formula is C10H18N2O3. The summed E-state index contributed by atoms with van der Waals surface area (Å²) in [4.78, 5) is 21.9. The number of carbonyl (C=O) groups is 2. The van der Waals surface area contributed by atoms with Crippen LogP contribution in [0.1, 0.15) is 32.6 Å². The van der Waals surface area contributed by atoms with E-state index in [0.717, 1.165) is 19.3 Å². The first kappa shape index (κ1) is 11.8. The second-order valence-corrected chi connectivity index (χ2v) is 3.93. The molecule has 86 valence electrons. The second-order valence-electron chi connectivity index (χ2n) is 3.93. The molecule has 15 heavy (non-hydrogen) atoms. The molecule has 0 spiro atoms. The fraction of sp³-hybridized carbons (Fsp3) is 0.800. The molecular weight excluding hydrogens is 196 g/mol. The van der Waals surface area contributed by atoms with E-state index in [4.69, 9.17) is 5.11 Å². The van der Waals surface area contributed by atoms with Gasteiger partial charge in [0.1, 0.15) is 0 Å². The molecule has 5 nitrogen and oxygen atoms in total. The Bertz CT molecular complexity index is 239. The molecule has 1 unspecified atom stereocenters. The van der Waals surface area contributed by atoms with Crippen LogP contribution in [0.4, 0.5) is 4.79 Å². The third-order valence-corrected chi connectivity index (χ3v) is 2.79. The highest BCUT2D eigenvalue weighted by atomic mass is 16.4. The van der Waals surface area contributed by atoms with Crippen molar-refractivity contribution in [1.82, 2.24) is 10.6 Å². The van der Waals surface area contributed by atoms with E-state index >= 15 is 0 Å². The van der Waals surface area contributed by atoms with Crippen molar-refractivity contribution in [3.63, 3.8) is 0 Å². The SMILES string of the molecule is CCC(CNC(=O)NC1CCC1)C(=O)O. The average Bonchev–Trinajstić information content (AvgIpc) is 2.12. The van der Waals surface area contributed by atoms with Gasteiger partial charge in [0.05, 0.1) is 5.92 Å².